The fourth-order valence-corrected chi connectivity index (χ4v) is 2.37. The van der Waals surface area contributed by atoms with Gasteiger partial charge in [-0.3, -0.25) is 4.99 Å². The fraction of sp³-hybridized carbons (Fsp3) is 0.385. The number of alkyl halides is 1. The molecule has 0 N–H and O–H groups in total. The number of aliphatic imine (C=N–C) groups is 1. The van der Waals surface area contributed by atoms with E-state index in [9.17, 15) is 4.79 Å². The third kappa shape index (κ3) is 2.07. The molecule has 1 aromatic carbocycles. The number of methoxy groups -OCH3 is 1. The molecule has 1 heterocycles. The van der Waals surface area contributed by atoms with Gasteiger partial charge in [0.1, 0.15) is 0 Å². The Balaban J connectivity index is 2.50. The third-order valence-corrected chi connectivity index (χ3v) is 3.25. The Morgan fingerprint density at radius 3 is 2.88 bits per heavy atom. The first kappa shape index (κ1) is 12.1. The topological polar surface area (TPSA) is 38.7 Å². The minimum absolute atomic E-state index is 0.295. The molecule has 90 valence electrons. The average Bonchev–Trinajstić information content (AvgIpc) is 2.36. The highest BCUT2D eigenvalue weighted by molar-refractivity contribution is 6.32. The first-order valence-corrected chi connectivity index (χ1v) is 5.95. The Kier molecular flexibility index (Phi) is 3.20. The first-order chi connectivity index (χ1) is 8.10. The van der Waals surface area contributed by atoms with Gasteiger partial charge in [-0.25, -0.2) is 4.79 Å². The van der Waals surface area contributed by atoms with Gasteiger partial charge < -0.3 is 4.74 Å². The van der Waals surface area contributed by atoms with Gasteiger partial charge in [-0.1, -0.05) is 24.3 Å². The summed E-state index contributed by atoms with van der Waals surface area (Å²) in [6.45, 7) is 1.78. The lowest BCUT2D eigenvalue weighted by Crippen LogP contribution is -2.41. The molecule has 0 saturated heterocycles. The maximum Gasteiger partial charge on any atom is 0.333 e. The minimum atomic E-state index is -0.854. The van der Waals surface area contributed by atoms with Crippen molar-refractivity contribution in [1.29, 1.82) is 0 Å². The summed E-state index contributed by atoms with van der Waals surface area (Å²) in [6.07, 6.45) is 0.552. The average molecular weight is 252 g/mol. The van der Waals surface area contributed by atoms with E-state index in [1.54, 1.807) is 6.92 Å². The molecule has 2 rings (SSSR count). The van der Waals surface area contributed by atoms with Crippen LogP contribution in [0.2, 0.25) is 0 Å². The lowest BCUT2D eigenvalue weighted by Gasteiger charge is -2.29. The second-order valence-corrected chi connectivity index (χ2v) is 4.56. The number of halogens is 1. The van der Waals surface area contributed by atoms with E-state index in [4.69, 9.17) is 16.3 Å². The van der Waals surface area contributed by atoms with Crippen LogP contribution in [0.4, 0.5) is 0 Å². The van der Waals surface area contributed by atoms with E-state index in [1.807, 2.05) is 24.3 Å². The second kappa shape index (κ2) is 4.49. The van der Waals surface area contributed by atoms with E-state index in [0.29, 0.717) is 12.3 Å². The van der Waals surface area contributed by atoms with Crippen molar-refractivity contribution in [2.24, 2.45) is 4.99 Å². The summed E-state index contributed by atoms with van der Waals surface area (Å²) < 4.78 is 4.81. The Bertz CT molecular complexity index is 484. The quantitative estimate of drug-likeness (QED) is 0.597. The van der Waals surface area contributed by atoms with Crippen molar-refractivity contribution in [3.8, 4) is 0 Å². The van der Waals surface area contributed by atoms with Crippen molar-refractivity contribution < 1.29 is 9.53 Å². The van der Waals surface area contributed by atoms with Crippen molar-refractivity contribution >= 4 is 23.3 Å². The molecule has 4 heteroatoms. The molecule has 1 aromatic rings. The van der Waals surface area contributed by atoms with Crippen molar-refractivity contribution in [3.63, 3.8) is 0 Å². The number of ether oxygens (including phenoxy) is 1. The predicted molar refractivity (Wildman–Crippen MR) is 67.8 cm³/mol. The maximum absolute atomic E-state index is 11.8. The summed E-state index contributed by atoms with van der Waals surface area (Å²) in [4.78, 5) is 16.2. The van der Waals surface area contributed by atoms with E-state index >= 15 is 0 Å². The van der Waals surface area contributed by atoms with Gasteiger partial charge in [0.05, 0.1) is 18.7 Å². The van der Waals surface area contributed by atoms with Gasteiger partial charge in [-0.05, 0) is 12.5 Å². The molecule has 1 unspecified atom stereocenters. The summed E-state index contributed by atoms with van der Waals surface area (Å²) in [7, 11) is 1.38. The van der Waals surface area contributed by atoms with Crippen molar-refractivity contribution in [2.45, 2.75) is 18.9 Å². The number of hydrogen-bond acceptors (Lipinski definition) is 3. The SMILES string of the molecule is COC(=O)C1(C)Cc2ccccc2C(CCl)=N1. The molecule has 17 heavy (non-hydrogen) atoms. The van der Waals surface area contributed by atoms with Gasteiger partial charge in [0.25, 0.3) is 0 Å². The van der Waals surface area contributed by atoms with Gasteiger partial charge >= 0.3 is 5.97 Å². The highest BCUT2D eigenvalue weighted by atomic mass is 35.5. The van der Waals surface area contributed by atoms with Gasteiger partial charge in [-0.2, -0.15) is 0 Å². The molecular formula is C13H14ClNO2. The molecule has 1 aliphatic heterocycles. The minimum Gasteiger partial charge on any atom is -0.467 e. The molecule has 1 atom stereocenters. The predicted octanol–water partition coefficient (Wildman–Crippen LogP) is 2.20. The summed E-state index contributed by atoms with van der Waals surface area (Å²) in [5, 5.41) is 0. The lowest BCUT2D eigenvalue weighted by atomic mass is 9.86. The monoisotopic (exact) mass is 251 g/mol. The second-order valence-electron chi connectivity index (χ2n) is 4.29. The number of fused-ring (bicyclic) bond motifs is 1. The van der Waals surface area contributed by atoms with Crippen molar-refractivity contribution in [2.75, 3.05) is 13.0 Å². The number of carbonyl (C=O) groups excluding carboxylic acids is 1. The molecule has 0 bridgehead atoms. The van der Waals surface area contributed by atoms with Crippen LogP contribution in [0.5, 0.6) is 0 Å². The van der Waals surface area contributed by atoms with Gasteiger partial charge in [0, 0.05) is 12.0 Å². The lowest BCUT2D eigenvalue weighted by molar-refractivity contribution is -0.146. The van der Waals surface area contributed by atoms with Gasteiger partial charge in [0.15, 0.2) is 5.54 Å². The van der Waals surface area contributed by atoms with Crippen molar-refractivity contribution in [1.82, 2.24) is 0 Å². The van der Waals surface area contributed by atoms with Crippen LogP contribution in [0.15, 0.2) is 29.3 Å². The van der Waals surface area contributed by atoms with Crippen LogP contribution in [0.1, 0.15) is 18.1 Å². The molecule has 0 saturated carbocycles. The summed E-state index contributed by atoms with van der Waals surface area (Å²) in [6, 6.07) is 7.88. The molecule has 1 aliphatic rings. The largest absolute Gasteiger partial charge is 0.467 e. The number of esters is 1. The van der Waals surface area contributed by atoms with Gasteiger partial charge in [-0.15, -0.1) is 11.6 Å². The molecular weight excluding hydrogens is 238 g/mol. The maximum atomic E-state index is 11.8. The van der Waals surface area contributed by atoms with E-state index < -0.39 is 5.54 Å². The van der Waals surface area contributed by atoms with Crippen LogP contribution in [-0.4, -0.2) is 30.2 Å². The molecule has 0 amide bonds. The molecule has 0 fully saturated rings. The normalized spacial score (nSPS) is 22.6. The number of nitrogens with zero attached hydrogens (tertiary/aromatic N) is 1. The summed E-state index contributed by atoms with van der Waals surface area (Å²) >= 11 is 5.90. The van der Waals surface area contributed by atoms with Crippen LogP contribution in [0.25, 0.3) is 0 Å². The van der Waals surface area contributed by atoms with E-state index in [-0.39, 0.29) is 5.97 Å². The van der Waals surface area contributed by atoms with E-state index in [2.05, 4.69) is 4.99 Å². The van der Waals surface area contributed by atoms with Crippen LogP contribution in [0, 0.1) is 0 Å². The summed E-state index contributed by atoms with van der Waals surface area (Å²) in [5.74, 6) is -0.0292. The van der Waals surface area contributed by atoms with E-state index in [1.165, 1.54) is 7.11 Å². The zero-order valence-electron chi connectivity index (χ0n) is 9.87. The van der Waals surface area contributed by atoms with Crippen LogP contribution < -0.4 is 0 Å². The third-order valence-electron chi connectivity index (χ3n) is 3.00. The van der Waals surface area contributed by atoms with Crippen LogP contribution in [0.3, 0.4) is 0 Å². The molecule has 0 radical (unpaired) electrons. The Labute approximate surface area is 105 Å². The number of benzene rings is 1. The Morgan fingerprint density at radius 1 is 1.53 bits per heavy atom. The summed E-state index contributed by atoms with van der Waals surface area (Å²) in [5.41, 5.74) is 2.02. The molecule has 0 aromatic heterocycles. The number of rotatable bonds is 2. The highest BCUT2D eigenvalue weighted by Crippen LogP contribution is 2.28. The van der Waals surface area contributed by atoms with Gasteiger partial charge in [0.2, 0.25) is 0 Å². The molecule has 0 aliphatic carbocycles. The highest BCUT2D eigenvalue weighted by Gasteiger charge is 2.38. The van der Waals surface area contributed by atoms with E-state index in [0.717, 1.165) is 16.8 Å². The Morgan fingerprint density at radius 2 is 2.24 bits per heavy atom. The smallest absolute Gasteiger partial charge is 0.333 e. The first-order valence-electron chi connectivity index (χ1n) is 5.42. The fourth-order valence-electron chi connectivity index (χ4n) is 2.16. The van der Waals surface area contributed by atoms with Crippen LogP contribution >= 0.6 is 11.6 Å². The number of carbonyl (C=O) groups is 1. The zero-order chi connectivity index (χ0) is 12.5. The molecule has 0 spiro atoms. The zero-order valence-corrected chi connectivity index (χ0v) is 10.6. The van der Waals surface area contributed by atoms with Crippen molar-refractivity contribution in [3.05, 3.63) is 35.4 Å². The van der Waals surface area contributed by atoms with Crippen LogP contribution in [-0.2, 0) is 16.0 Å². The number of hydrogen-bond donors (Lipinski definition) is 0. The Hall–Kier alpha value is -1.35. The standard InChI is InChI=1S/C13H14ClNO2/c1-13(12(16)17-2)7-9-5-3-4-6-10(9)11(8-14)15-13/h3-6H,7-8H2,1-2H3. The molecule has 3 nitrogen and oxygen atoms in total.